The molecule has 0 radical (unpaired) electrons. The number of carbonyl (C=O) groups excluding carboxylic acids is 2. The van der Waals surface area contributed by atoms with E-state index in [0.717, 1.165) is 31.5 Å². The highest BCUT2D eigenvalue weighted by atomic mass is 16.5. The second-order valence-electron chi connectivity index (χ2n) is 7.68. The third-order valence-electron chi connectivity index (χ3n) is 5.48. The van der Waals surface area contributed by atoms with Crippen LogP contribution in [0.1, 0.15) is 58.8 Å². The number of rotatable bonds is 6. The van der Waals surface area contributed by atoms with E-state index in [0.29, 0.717) is 23.0 Å². The van der Waals surface area contributed by atoms with E-state index in [1.54, 1.807) is 41.8 Å². The summed E-state index contributed by atoms with van der Waals surface area (Å²) in [6.45, 7) is 4.35. The number of aromatic nitrogens is 2. The first-order chi connectivity index (χ1) is 14.5. The summed E-state index contributed by atoms with van der Waals surface area (Å²) in [5, 5.41) is 0.480. The minimum Gasteiger partial charge on any atom is -0.451 e. The fraction of sp³-hybridized carbons (Fsp3) is 0.333. The van der Waals surface area contributed by atoms with Gasteiger partial charge in [0.15, 0.2) is 6.10 Å². The molecule has 0 bridgehead atoms. The van der Waals surface area contributed by atoms with Gasteiger partial charge in [-0.3, -0.25) is 14.2 Å². The van der Waals surface area contributed by atoms with E-state index < -0.39 is 12.1 Å². The number of fused-ring (bicyclic) bond motifs is 2. The molecule has 0 saturated heterocycles. The molecule has 0 unspecified atom stereocenters. The standard InChI is InChI=1S/C24H24N2O4/c1-3-5-16-7-9-17(10-8-16)22(27)15(2)30-24(29)18-11-12-19-20(14-18)25-21-6-4-13-26(21)23(19)28/h7-12,14-15H,3-6,13H2,1-2H3/t15-/m1/s1. The molecule has 1 atom stereocenters. The Bertz CT molecular complexity index is 1180. The number of carbonyl (C=O) groups is 2. The lowest BCUT2D eigenvalue weighted by atomic mass is 10.0. The topological polar surface area (TPSA) is 78.3 Å². The number of Topliss-reactive ketones (excluding diaryl/α,β-unsaturated/α-hetero) is 1. The zero-order valence-corrected chi connectivity index (χ0v) is 17.2. The zero-order chi connectivity index (χ0) is 21.3. The van der Waals surface area contributed by atoms with Crippen LogP contribution in [0, 0.1) is 0 Å². The lowest BCUT2D eigenvalue weighted by Crippen LogP contribution is -2.25. The van der Waals surface area contributed by atoms with E-state index in [2.05, 4.69) is 11.9 Å². The smallest absolute Gasteiger partial charge is 0.338 e. The molecule has 1 aliphatic rings. The van der Waals surface area contributed by atoms with Crippen LogP contribution in [-0.4, -0.2) is 27.4 Å². The number of hydrogen-bond donors (Lipinski definition) is 0. The van der Waals surface area contributed by atoms with E-state index >= 15 is 0 Å². The maximum absolute atomic E-state index is 12.6. The van der Waals surface area contributed by atoms with Crippen molar-refractivity contribution in [2.24, 2.45) is 0 Å². The average Bonchev–Trinajstić information content (AvgIpc) is 3.22. The Balaban J connectivity index is 1.51. The molecular formula is C24H24N2O4. The first-order valence-corrected chi connectivity index (χ1v) is 10.4. The van der Waals surface area contributed by atoms with E-state index in [-0.39, 0.29) is 16.9 Å². The Morgan fingerprint density at radius 1 is 1.13 bits per heavy atom. The summed E-state index contributed by atoms with van der Waals surface area (Å²) in [6.07, 6.45) is 2.73. The molecule has 6 heteroatoms. The zero-order valence-electron chi connectivity index (χ0n) is 17.2. The van der Waals surface area contributed by atoms with Gasteiger partial charge in [-0.15, -0.1) is 0 Å². The van der Waals surface area contributed by atoms with Crippen molar-refractivity contribution in [2.45, 2.75) is 52.2 Å². The van der Waals surface area contributed by atoms with Crippen LogP contribution in [0.25, 0.3) is 10.9 Å². The Morgan fingerprint density at radius 2 is 1.87 bits per heavy atom. The van der Waals surface area contributed by atoms with Gasteiger partial charge in [0, 0.05) is 18.5 Å². The number of esters is 1. The van der Waals surface area contributed by atoms with Gasteiger partial charge in [-0.2, -0.15) is 0 Å². The number of benzene rings is 2. The van der Waals surface area contributed by atoms with Crippen LogP contribution in [0.3, 0.4) is 0 Å². The number of ketones is 1. The molecule has 0 amide bonds. The van der Waals surface area contributed by atoms with Crippen LogP contribution in [0.5, 0.6) is 0 Å². The maximum atomic E-state index is 12.6. The monoisotopic (exact) mass is 404 g/mol. The van der Waals surface area contributed by atoms with Crippen molar-refractivity contribution in [1.82, 2.24) is 9.55 Å². The summed E-state index contributed by atoms with van der Waals surface area (Å²) >= 11 is 0. The normalized spacial score (nSPS) is 13.8. The molecule has 0 aliphatic carbocycles. The van der Waals surface area contributed by atoms with E-state index in [4.69, 9.17) is 4.74 Å². The highest BCUT2D eigenvalue weighted by molar-refractivity contribution is 6.02. The van der Waals surface area contributed by atoms with E-state index in [1.165, 1.54) is 5.56 Å². The molecule has 3 aromatic rings. The van der Waals surface area contributed by atoms with Gasteiger partial charge in [0.25, 0.3) is 5.56 Å². The third kappa shape index (κ3) is 3.77. The Morgan fingerprint density at radius 3 is 2.60 bits per heavy atom. The van der Waals surface area contributed by atoms with Gasteiger partial charge in [0.05, 0.1) is 16.5 Å². The van der Waals surface area contributed by atoms with Crippen LogP contribution in [0.15, 0.2) is 47.3 Å². The lowest BCUT2D eigenvalue weighted by molar-refractivity contribution is 0.0319. The largest absolute Gasteiger partial charge is 0.451 e. The first-order valence-electron chi connectivity index (χ1n) is 10.4. The lowest BCUT2D eigenvalue weighted by Gasteiger charge is -2.13. The van der Waals surface area contributed by atoms with Gasteiger partial charge in [0.2, 0.25) is 5.78 Å². The molecule has 6 nitrogen and oxygen atoms in total. The molecule has 0 fully saturated rings. The van der Waals surface area contributed by atoms with Crippen LogP contribution in [-0.2, 0) is 24.1 Å². The Hall–Kier alpha value is -3.28. The minimum atomic E-state index is -0.913. The molecule has 0 N–H and O–H groups in total. The molecule has 154 valence electrons. The molecule has 4 rings (SSSR count). The van der Waals surface area contributed by atoms with Gasteiger partial charge in [-0.25, -0.2) is 9.78 Å². The minimum absolute atomic E-state index is 0.0810. The van der Waals surface area contributed by atoms with Gasteiger partial charge < -0.3 is 4.74 Å². The maximum Gasteiger partial charge on any atom is 0.338 e. The Kier molecular flexibility index (Phi) is 5.48. The van der Waals surface area contributed by atoms with E-state index in [9.17, 15) is 14.4 Å². The summed E-state index contributed by atoms with van der Waals surface area (Å²) in [4.78, 5) is 42.3. The van der Waals surface area contributed by atoms with Crippen molar-refractivity contribution in [1.29, 1.82) is 0 Å². The summed E-state index contributed by atoms with van der Waals surface area (Å²) < 4.78 is 7.09. The van der Waals surface area contributed by atoms with Crippen LogP contribution >= 0.6 is 0 Å². The summed E-state index contributed by atoms with van der Waals surface area (Å²) in [6, 6.07) is 12.1. The molecule has 0 saturated carbocycles. The first kappa shape index (κ1) is 20.0. The van der Waals surface area contributed by atoms with Crippen LogP contribution in [0.2, 0.25) is 0 Å². The molecule has 1 aromatic heterocycles. The molecule has 30 heavy (non-hydrogen) atoms. The Labute approximate surface area is 174 Å². The third-order valence-corrected chi connectivity index (χ3v) is 5.48. The predicted octanol–water partition coefficient (Wildman–Crippen LogP) is 3.72. The number of aryl methyl sites for hydroxylation is 2. The molecule has 0 spiro atoms. The van der Waals surface area contributed by atoms with Crippen LogP contribution in [0.4, 0.5) is 0 Å². The van der Waals surface area contributed by atoms with E-state index in [1.807, 2.05) is 12.1 Å². The second kappa shape index (κ2) is 8.22. The molecular weight excluding hydrogens is 380 g/mol. The average molecular weight is 404 g/mol. The number of ether oxygens (including phenoxy) is 1. The summed E-state index contributed by atoms with van der Waals surface area (Å²) in [5.41, 5.74) is 2.36. The van der Waals surface area contributed by atoms with Gasteiger partial charge >= 0.3 is 5.97 Å². The van der Waals surface area contributed by atoms with Crippen molar-refractivity contribution in [3.8, 4) is 0 Å². The predicted molar refractivity (Wildman–Crippen MR) is 114 cm³/mol. The fourth-order valence-corrected chi connectivity index (χ4v) is 3.85. The second-order valence-corrected chi connectivity index (χ2v) is 7.68. The number of nitrogens with zero attached hydrogens (tertiary/aromatic N) is 2. The number of hydrogen-bond acceptors (Lipinski definition) is 5. The van der Waals surface area contributed by atoms with Crippen molar-refractivity contribution in [2.75, 3.05) is 0 Å². The quantitative estimate of drug-likeness (QED) is 0.462. The molecule has 2 heterocycles. The fourth-order valence-electron chi connectivity index (χ4n) is 3.85. The molecule has 1 aliphatic heterocycles. The van der Waals surface area contributed by atoms with Crippen molar-refractivity contribution in [3.63, 3.8) is 0 Å². The van der Waals surface area contributed by atoms with Crippen molar-refractivity contribution >= 4 is 22.7 Å². The molecule has 2 aromatic carbocycles. The highest BCUT2D eigenvalue weighted by Crippen LogP contribution is 2.18. The van der Waals surface area contributed by atoms with Gasteiger partial charge in [0.1, 0.15) is 5.82 Å². The summed E-state index contributed by atoms with van der Waals surface area (Å²) in [7, 11) is 0. The summed E-state index contributed by atoms with van der Waals surface area (Å²) in [5.74, 6) is -0.114. The SMILES string of the molecule is CCCc1ccc(C(=O)[C@@H](C)OC(=O)c2ccc3c(=O)n4c(nc3c2)CCC4)cc1. The van der Waals surface area contributed by atoms with Crippen molar-refractivity contribution in [3.05, 3.63) is 75.3 Å². The van der Waals surface area contributed by atoms with Crippen LogP contribution < -0.4 is 5.56 Å². The van der Waals surface area contributed by atoms with Crippen molar-refractivity contribution < 1.29 is 14.3 Å². The van der Waals surface area contributed by atoms with Gasteiger partial charge in [-0.05, 0) is 43.5 Å². The van der Waals surface area contributed by atoms with Gasteiger partial charge in [-0.1, -0.05) is 37.6 Å². The highest BCUT2D eigenvalue weighted by Gasteiger charge is 2.22.